The number of nitrogens with zero attached hydrogens (tertiary/aromatic N) is 2. The van der Waals surface area contributed by atoms with Gasteiger partial charge in [0.05, 0.1) is 10.2 Å². The van der Waals surface area contributed by atoms with Crippen molar-refractivity contribution in [3.8, 4) is 0 Å². The lowest BCUT2D eigenvalue weighted by molar-refractivity contribution is 0.0712. The highest BCUT2D eigenvalue weighted by Crippen LogP contribution is 2.37. The molecule has 0 spiro atoms. The number of fused-ring (bicyclic) bond motifs is 1. The predicted octanol–water partition coefficient (Wildman–Crippen LogP) is 4.39. The van der Waals surface area contributed by atoms with Crippen LogP contribution in [0, 0.1) is 5.92 Å². The number of hydrogen-bond acceptors (Lipinski definition) is 2. The van der Waals surface area contributed by atoms with Crippen molar-refractivity contribution < 1.29 is 8.78 Å². The Morgan fingerprint density at radius 1 is 1.25 bits per heavy atom. The van der Waals surface area contributed by atoms with Crippen LogP contribution in [0.1, 0.15) is 50.3 Å². The Labute approximate surface area is 126 Å². The zero-order valence-corrected chi connectivity index (χ0v) is 13.0. The lowest BCUT2D eigenvalue weighted by Crippen LogP contribution is -2.28. The van der Waals surface area contributed by atoms with Crippen LogP contribution in [0.25, 0.3) is 0 Å². The smallest absolute Gasteiger partial charge is 0.260 e. The molecular formula is C14H20BrF2N3. The summed E-state index contributed by atoms with van der Waals surface area (Å²) in [6.45, 7) is 0.585. The lowest BCUT2D eigenvalue weighted by Gasteiger charge is -2.25. The molecule has 1 atom stereocenters. The Balaban J connectivity index is 1.82. The van der Waals surface area contributed by atoms with Crippen molar-refractivity contribution in [2.24, 2.45) is 5.92 Å². The van der Waals surface area contributed by atoms with Gasteiger partial charge in [0, 0.05) is 6.54 Å². The first-order valence-electron chi connectivity index (χ1n) is 7.45. The molecule has 112 valence electrons. The number of halogens is 3. The molecule has 1 saturated carbocycles. The van der Waals surface area contributed by atoms with E-state index in [1.54, 1.807) is 0 Å². The molecule has 1 aliphatic heterocycles. The summed E-state index contributed by atoms with van der Waals surface area (Å²) in [5.41, 5.74) is 0.937. The number of aromatic nitrogens is 2. The van der Waals surface area contributed by atoms with E-state index in [0.717, 1.165) is 22.4 Å². The molecule has 1 fully saturated rings. The molecule has 1 aromatic heterocycles. The standard InChI is InChI=1S/C14H20BrF2N3/c15-12-10(8-9-4-2-1-3-5-9)19-20-11(13(16)17)6-7-18-14(12)20/h9,11,13,18H,1-8H2. The average molecular weight is 348 g/mol. The summed E-state index contributed by atoms with van der Waals surface area (Å²) in [5.74, 6) is 1.38. The van der Waals surface area contributed by atoms with Crippen LogP contribution in [0.5, 0.6) is 0 Å². The Morgan fingerprint density at radius 3 is 2.70 bits per heavy atom. The van der Waals surface area contributed by atoms with Crippen molar-refractivity contribution in [1.82, 2.24) is 9.78 Å². The van der Waals surface area contributed by atoms with E-state index in [-0.39, 0.29) is 0 Å². The molecule has 3 nitrogen and oxygen atoms in total. The van der Waals surface area contributed by atoms with E-state index in [1.807, 2.05) is 0 Å². The van der Waals surface area contributed by atoms with E-state index in [9.17, 15) is 8.78 Å². The van der Waals surface area contributed by atoms with Crippen LogP contribution in [0.15, 0.2) is 4.47 Å². The van der Waals surface area contributed by atoms with Crippen molar-refractivity contribution in [2.75, 3.05) is 11.9 Å². The number of hydrogen-bond donors (Lipinski definition) is 1. The van der Waals surface area contributed by atoms with Gasteiger partial charge in [-0.2, -0.15) is 5.10 Å². The first-order chi connectivity index (χ1) is 9.66. The van der Waals surface area contributed by atoms with E-state index in [2.05, 4.69) is 26.3 Å². The van der Waals surface area contributed by atoms with Crippen LogP contribution in [0.3, 0.4) is 0 Å². The van der Waals surface area contributed by atoms with Gasteiger partial charge in [-0.25, -0.2) is 13.5 Å². The topological polar surface area (TPSA) is 29.9 Å². The molecule has 3 rings (SSSR count). The molecule has 0 amide bonds. The highest BCUT2D eigenvalue weighted by Gasteiger charge is 2.31. The monoisotopic (exact) mass is 347 g/mol. The second-order valence-electron chi connectivity index (χ2n) is 5.88. The summed E-state index contributed by atoms with van der Waals surface area (Å²) in [4.78, 5) is 0. The van der Waals surface area contributed by atoms with Crippen molar-refractivity contribution in [1.29, 1.82) is 0 Å². The Bertz CT molecular complexity index is 469. The third-order valence-electron chi connectivity index (χ3n) is 4.46. The van der Waals surface area contributed by atoms with Crippen molar-refractivity contribution >= 4 is 21.7 Å². The summed E-state index contributed by atoms with van der Waals surface area (Å²) in [7, 11) is 0. The lowest BCUT2D eigenvalue weighted by atomic mass is 9.86. The first kappa shape index (κ1) is 14.3. The summed E-state index contributed by atoms with van der Waals surface area (Å²) in [5, 5.41) is 7.67. The Hall–Kier alpha value is -0.650. The number of anilines is 1. The van der Waals surface area contributed by atoms with Gasteiger partial charge >= 0.3 is 0 Å². The van der Waals surface area contributed by atoms with E-state index < -0.39 is 12.5 Å². The van der Waals surface area contributed by atoms with Gasteiger partial charge in [0.2, 0.25) is 0 Å². The third kappa shape index (κ3) is 2.71. The maximum Gasteiger partial charge on any atom is 0.260 e. The molecule has 2 heterocycles. The van der Waals surface area contributed by atoms with Gasteiger partial charge in [0.1, 0.15) is 11.9 Å². The van der Waals surface area contributed by atoms with Crippen LogP contribution < -0.4 is 5.32 Å². The van der Waals surface area contributed by atoms with Gasteiger partial charge in [0.25, 0.3) is 6.43 Å². The molecule has 0 bridgehead atoms. The Kier molecular flexibility index (Phi) is 4.29. The molecule has 1 aliphatic carbocycles. The van der Waals surface area contributed by atoms with Crippen molar-refractivity contribution in [3.63, 3.8) is 0 Å². The number of rotatable bonds is 3. The fourth-order valence-electron chi connectivity index (χ4n) is 3.35. The van der Waals surface area contributed by atoms with Crippen LogP contribution in [0.4, 0.5) is 14.6 Å². The van der Waals surface area contributed by atoms with Gasteiger partial charge < -0.3 is 5.32 Å². The highest BCUT2D eigenvalue weighted by molar-refractivity contribution is 9.10. The maximum absolute atomic E-state index is 13.1. The summed E-state index contributed by atoms with van der Waals surface area (Å²) in [6.07, 6.45) is 5.35. The van der Waals surface area contributed by atoms with Crippen LogP contribution >= 0.6 is 15.9 Å². The van der Waals surface area contributed by atoms with E-state index in [1.165, 1.54) is 36.8 Å². The van der Waals surface area contributed by atoms with E-state index >= 15 is 0 Å². The fraction of sp³-hybridized carbons (Fsp3) is 0.786. The molecule has 2 aliphatic rings. The van der Waals surface area contributed by atoms with Gasteiger partial charge in [-0.1, -0.05) is 32.1 Å². The normalized spacial score (nSPS) is 23.7. The first-order valence-corrected chi connectivity index (χ1v) is 8.25. The second kappa shape index (κ2) is 6.00. The largest absolute Gasteiger partial charge is 0.369 e. The van der Waals surface area contributed by atoms with Gasteiger partial charge in [-0.3, -0.25) is 0 Å². The summed E-state index contributed by atoms with van der Waals surface area (Å²) < 4.78 is 28.6. The van der Waals surface area contributed by atoms with Gasteiger partial charge in [-0.05, 0) is 34.7 Å². The van der Waals surface area contributed by atoms with E-state index in [4.69, 9.17) is 0 Å². The zero-order valence-electron chi connectivity index (χ0n) is 11.4. The minimum absolute atomic E-state index is 0.432. The quantitative estimate of drug-likeness (QED) is 0.878. The van der Waals surface area contributed by atoms with Crippen molar-refractivity contribution in [3.05, 3.63) is 10.2 Å². The molecule has 0 aromatic carbocycles. The van der Waals surface area contributed by atoms with Gasteiger partial charge in [-0.15, -0.1) is 0 Å². The predicted molar refractivity (Wildman–Crippen MR) is 78.4 cm³/mol. The Morgan fingerprint density at radius 2 is 2.00 bits per heavy atom. The molecule has 20 heavy (non-hydrogen) atoms. The average Bonchev–Trinajstić information content (AvgIpc) is 2.77. The van der Waals surface area contributed by atoms with E-state index in [0.29, 0.717) is 18.9 Å². The van der Waals surface area contributed by atoms with Gasteiger partial charge in [0.15, 0.2) is 0 Å². The number of alkyl halides is 2. The minimum Gasteiger partial charge on any atom is -0.369 e. The fourth-order valence-corrected chi connectivity index (χ4v) is 3.91. The SMILES string of the molecule is FC(F)C1CCNc2c(Br)c(CC3CCCCC3)nn21. The highest BCUT2D eigenvalue weighted by atomic mass is 79.9. The minimum atomic E-state index is -2.36. The summed E-state index contributed by atoms with van der Waals surface area (Å²) >= 11 is 3.55. The maximum atomic E-state index is 13.1. The van der Waals surface area contributed by atoms with Crippen LogP contribution in [0.2, 0.25) is 0 Å². The molecule has 1 N–H and O–H groups in total. The molecule has 1 unspecified atom stereocenters. The zero-order chi connectivity index (χ0) is 14.1. The molecule has 0 saturated heterocycles. The van der Waals surface area contributed by atoms with Crippen LogP contribution in [-0.4, -0.2) is 22.8 Å². The third-order valence-corrected chi connectivity index (χ3v) is 5.30. The van der Waals surface area contributed by atoms with Crippen molar-refractivity contribution in [2.45, 2.75) is 57.4 Å². The second-order valence-corrected chi connectivity index (χ2v) is 6.67. The molecule has 1 aromatic rings. The molecule has 6 heteroatoms. The number of nitrogens with one attached hydrogen (secondary N) is 1. The molecule has 0 radical (unpaired) electrons. The van der Waals surface area contributed by atoms with Crippen LogP contribution in [-0.2, 0) is 6.42 Å². The summed E-state index contributed by atoms with van der Waals surface area (Å²) in [6, 6.07) is -0.789. The molecular weight excluding hydrogens is 328 g/mol.